The standard InChI is InChI=1S/C10H18N2/c1-4-5-6-12-7-10(9(2)3)11-8-12/h7-9H,4-6H2,1-3H3. The maximum atomic E-state index is 4.33. The van der Waals surface area contributed by atoms with Crippen LogP contribution in [-0.4, -0.2) is 9.55 Å². The fourth-order valence-electron chi connectivity index (χ4n) is 1.14. The van der Waals surface area contributed by atoms with Crippen molar-refractivity contribution in [2.45, 2.75) is 46.1 Å². The molecule has 68 valence electrons. The average Bonchev–Trinajstić information content (AvgIpc) is 2.48. The molecule has 0 atom stereocenters. The van der Waals surface area contributed by atoms with Gasteiger partial charge in [0.1, 0.15) is 0 Å². The van der Waals surface area contributed by atoms with E-state index in [0.29, 0.717) is 5.92 Å². The molecule has 1 aromatic rings. The van der Waals surface area contributed by atoms with Gasteiger partial charge >= 0.3 is 0 Å². The normalized spacial score (nSPS) is 11.0. The minimum atomic E-state index is 0.549. The van der Waals surface area contributed by atoms with Gasteiger partial charge in [-0.1, -0.05) is 27.2 Å². The molecule has 0 aromatic carbocycles. The summed E-state index contributed by atoms with van der Waals surface area (Å²) in [6.45, 7) is 7.66. The van der Waals surface area contributed by atoms with E-state index in [1.807, 2.05) is 6.33 Å². The van der Waals surface area contributed by atoms with Crippen molar-refractivity contribution < 1.29 is 0 Å². The van der Waals surface area contributed by atoms with Crippen molar-refractivity contribution in [1.82, 2.24) is 9.55 Å². The van der Waals surface area contributed by atoms with Crippen molar-refractivity contribution in [3.8, 4) is 0 Å². The van der Waals surface area contributed by atoms with Crippen molar-refractivity contribution in [2.24, 2.45) is 0 Å². The highest BCUT2D eigenvalue weighted by atomic mass is 15.0. The molecule has 0 radical (unpaired) electrons. The van der Waals surface area contributed by atoms with Crippen molar-refractivity contribution in [1.29, 1.82) is 0 Å². The Balaban J connectivity index is 2.52. The monoisotopic (exact) mass is 166 g/mol. The maximum absolute atomic E-state index is 4.33. The van der Waals surface area contributed by atoms with Gasteiger partial charge in [0.25, 0.3) is 0 Å². The van der Waals surface area contributed by atoms with Crippen LogP contribution < -0.4 is 0 Å². The number of hydrogen-bond acceptors (Lipinski definition) is 1. The highest BCUT2D eigenvalue weighted by Crippen LogP contribution is 2.10. The number of aryl methyl sites for hydroxylation is 1. The highest BCUT2D eigenvalue weighted by molar-refractivity contribution is 5.01. The highest BCUT2D eigenvalue weighted by Gasteiger charge is 2.01. The Bertz CT molecular complexity index is 225. The Labute approximate surface area is 74.6 Å². The van der Waals surface area contributed by atoms with Crippen LogP contribution in [0.2, 0.25) is 0 Å². The van der Waals surface area contributed by atoms with E-state index in [2.05, 4.69) is 36.5 Å². The van der Waals surface area contributed by atoms with Gasteiger partial charge in [-0.3, -0.25) is 0 Å². The van der Waals surface area contributed by atoms with Gasteiger partial charge in [0.05, 0.1) is 12.0 Å². The molecular formula is C10H18N2. The molecule has 1 heterocycles. The third-order valence-corrected chi connectivity index (χ3v) is 2.01. The van der Waals surface area contributed by atoms with Gasteiger partial charge in [0, 0.05) is 12.7 Å². The molecule has 2 nitrogen and oxygen atoms in total. The number of hydrogen-bond donors (Lipinski definition) is 0. The van der Waals surface area contributed by atoms with Gasteiger partial charge in [-0.2, -0.15) is 0 Å². The zero-order valence-corrected chi connectivity index (χ0v) is 8.25. The van der Waals surface area contributed by atoms with Gasteiger partial charge in [0.2, 0.25) is 0 Å². The zero-order chi connectivity index (χ0) is 8.97. The predicted octanol–water partition coefficient (Wildman–Crippen LogP) is 2.81. The summed E-state index contributed by atoms with van der Waals surface area (Å²) in [5.74, 6) is 0.549. The van der Waals surface area contributed by atoms with Crippen LogP contribution in [0.25, 0.3) is 0 Å². The summed E-state index contributed by atoms with van der Waals surface area (Å²) >= 11 is 0. The SMILES string of the molecule is CCCCn1cnc(C(C)C)c1. The molecule has 0 spiro atoms. The third kappa shape index (κ3) is 2.36. The summed E-state index contributed by atoms with van der Waals surface area (Å²) in [4.78, 5) is 4.33. The summed E-state index contributed by atoms with van der Waals surface area (Å²) in [5.41, 5.74) is 1.20. The quantitative estimate of drug-likeness (QED) is 0.672. The van der Waals surface area contributed by atoms with Crippen LogP contribution >= 0.6 is 0 Å². The number of imidazole rings is 1. The molecule has 0 aliphatic carbocycles. The topological polar surface area (TPSA) is 17.8 Å². The molecule has 0 fully saturated rings. The van der Waals surface area contributed by atoms with Crippen molar-refractivity contribution in [3.05, 3.63) is 18.2 Å². The zero-order valence-electron chi connectivity index (χ0n) is 8.25. The lowest BCUT2D eigenvalue weighted by atomic mass is 10.2. The van der Waals surface area contributed by atoms with E-state index in [1.165, 1.54) is 18.5 Å². The van der Waals surface area contributed by atoms with Crippen LogP contribution in [0.5, 0.6) is 0 Å². The van der Waals surface area contributed by atoms with E-state index in [1.54, 1.807) is 0 Å². The molecule has 0 N–H and O–H groups in total. The van der Waals surface area contributed by atoms with Crippen LogP contribution in [0.15, 0.2) is 12.5 Å². The van der Waals surface area contributed by atoms with Crippen LogP contribution in [-0.2, 0) is 6.54 Å². The largest absolute Gasteiger partial charge is 0.337 e. The van der Waals surface area contributed by atoms with Crippen molar-refractivity contribution >= 4 is 0 Å². The molecular weight excluding hydrogens is 148 g/mol. The first-order valence-electron chi connectivity index (χ1n) is 4.75. The Kier molecular flexibility index (Phi) is 3.32. The van der Waals surface area contributed by atoms with E-state index in [4.69, 9.17) is 0 Å². The number of unbranched alkanes of at least 4 members (excludes halogenated alkanes) is 1. The molecule has 0 saturated heterocycles. The molecule has 12 heavy (non-hydrogen) atoms. The number of rotatable bonds is 4. The van der Waals surface area contributed by atoms with E-state index in [9.17, 15) is 0 Å². The molecule has 0 saturated carbocycles. The summed E-state index contributed by atoms with van der Waals surface area (Å²) in [6.07, 6.45) is 6.58. The Hall–Kier alpha value is -0.790. The molecule has 1 rings (SSSR count). The lowest BCUT2D eigenvalue weighted by molar-refractivity contribution is 0.630. The van der Waals surface area contributed by atoms with Crippen molar-refractivity contribution in [3.63, 3.8) is 0 Å². The molecule has 0 amide bonds. The number of nitrogens with zero attached hydrogens (tertiary/aromatic N) is 2. The maximum Gasteiger partial charge on any atom is 0.0949 e. The van der Waals surface area contributed by atoms with Crippen LogP contribution in [0, 0.1) is 0 Å². The van der Waals surface area contributed by atoms with Crippen LogP contribution in [0.4, 0.5) is 0 Å². The molecule has 1 aromatic heterocycles. The van der Waals surface area contributed by atoms with Gasteiger partial charge in [-0.05, 0) is 12.3 Å². The van der Waals surface area contributed by atoms with Crippen LogP contribution in [0.1, 0.15) is 45.2 Å². The lowest BCUT2D eigenvalue weighted by Gasteiger charge is -1.99. The minimum absolute atomic E-state index is 0.549. The van der Waals surface area contributed by atoms with Gasteiger partial charge in [0.15, 0.2) is 0 Å². The second-order valence-corrected chi connectivity index (χ2v) is 3.54. The first kappa shape index (κ1) is 9.30. The summed E-state index contributed by atoms with van der Waals surface area (Å²) < 4.78 is 2.18. The predicted molar refractivity (Wildman–Crippen MR) is 51.2 cm³/mol. The fourth-order valence-corrected chi connectivity index (χ4v) is 1.14. The molecule has 0 unspecified atom stereocenters. The first-order chi connectivity index (χ1) is 5.74. The Morgan fingerprint density at radius 1 is 1.50 bits per heavy atom. The molecule has 0 bridgehead atoms. The third-order valence-electron chi connectivity index (χ3n) is 2.01. The Morgan fingerprint density at radius 3 is 2.75 bits per heavy atom. The van der Waals surface area contributed by atoms with Crippen molar-refractivity contribution in [2.75, 3.05) is 0 Å². The summed E-state index contributed by atoms with van der Waals surface area (Å²) in [5, 5.41) is 0. The second kappa shape index (κ2) is 4.29. The second-order valence-electron chi connectivity index (χ2n) is 3.54. The smallest absolute Gasteiger partial charge is 0.0949 e. The number of aromatic nitrogens is 2. The first-order valence-corrected chi connectivity index (χ1v) is 4.75. The van der Waals surface area contributed by atoms with Gasteiger partial charge in [-0.15, -0.1) is 0 Å². The molecule has 0 aliphatic rings. The summed E-state index contributed by atoms with van der Waals surface area (Å²) in [7, 11) is 0. The lowest BCUT2D eigenvalue weighted by Crippen LogP contribution is -1.93. The van der Waals surface area contributed by atoms with E-state index >= 15 is 0 Å². The molecule has 0 aliphatic heterocycles. The fraction of sp³-hybridized carbons (Fsp3) is 0.700. The summed E-state index contributed by atoms with van der Waals surface area (Å²) in [6, 6.07) is 0. The molecule has 2 heteroatoms. The van der Waals surface area contributed by atoms with E-state index in [0.717, 1.165) is 6.54 Å². The van der Waals surface area contributed by atoms with E-state index in [-0.39, 0.29) is 0 Å². The average molecular weight is 166 g/mol. The van der Waals surface area contributed by atoms with Gasteiger partial charge in [-0.25, -0.2) is 4.98 Å². The van der Waals surface area contributed by atoms with Gasteiger partial charge < -0.3 is 4.57 Å². The van der Waals surface area contributed by atoms with E-state index < -0.39 is 0 Å². The Morgan fingerprint density at radius 2 is 2.25 bits per heavy atom. The minimum Gasteiger partial charge on any atom is -0.337 e. The van der Waals surface area contributed by atoms with Crippen LogP contribution in [0.3, 0.4) is 0 Å².